The molecule has 1 aromatic heterocycles. The smallest absolute Gasteiger partial charge is 0.119 e. The quantitative estimate of drug-likeness (QED) is 0.867. The molecule has 0 aliphatic rings. The molecule has 1 heterocycles. The topological polar surface area (TPSA) is 24.9 Å². The zero-order chi connectivity index (χ0) is 14.5. The monoisotopic (exact) mass is 306 g/mol. The van der Waals surface area contributed by atoms with Crippen LogP contribution in [0.2, 0.25) is 5.02 Å². The lowest BCUT2D eigenvalue weighted by molar-refractivity contribution is 0.587. The summed E-state index contributed by atoms with van der Waals surface area (Å²) >= 11 is 7.73. The highest BCUT2D eigenvalue weighted by Gasteiger charge is 2.06. The molecule has 106 valence electrons. The van der Waals surface area contributed by atoms with Crippen molar-refractivity contribution in [1.82, 2.24) is 10.3 Å². The Kier molecular flexibility index (Phi) is 5.46. The normalized spacial score (nSPS) is 11.1. The molecular weight excluding hydrogens is 288 g/mol. The number of rotatable bonds is 5. The minimum Gasteiger partial charge on any atom is -0.310 e. The predicted octanol–water partition coefficient (Wildman–Crippen LogP) is 4.69. The lowest BCUT2D eigenvalue weighted by Crippen LogP contribution is -2.22. The molecule has 4 heteroatoms. The van der Waals surface area contributed by atoms with Crippen LogP contribution in [-0.2, 0) is 6.54 Å². The summed E-state index contributed by atoms with van der Waals surface area (Å²) in [5.74, 6) is 0. The summed E-state index contributed by atoms with van der Waals surface area (Å²) in [6.07, 6.45) is 1.77. The molecule has 0 atom stereocenters. The van der Waals surface area contributed by atoms with Gasteiger partial charge in [-0.3, -0.25) is 0 Å². The maximum atomic E-state index is 6.14. The molecule has 1 N–H and O–H groups in total. The van der Waals surface area contributed by atoms with E-state index in [-0.39, 0.29) is 0 Å². The molecule has 0 saturated heterocycles. The van der Waals surface area contributed by atoms with Crippen molar-refractivity contribution in [3.8, 4) is 0 Å². The number of hydrogen-bond acceptors (Lipinski definition) is 3. The van der Waals surface area contributed by atoms with Gasteiger partial charge in [0.05, 0.1) is 5.02 Å². The van der Waals surface area contributed by atoms with Gasteiger partial charge in [-0.15, -0.1) is 0 Å². The van der Waals surface area contributed by atoms with E-state index in [1.54, 1.807) is 18.0 Å². The molecule has 0 aliphatic carbocycles. The number of nitrogens with zero attached hydrogens (tertiary/aromatic N) is 1. The van der Waals surface area contributed by atoms with Crippen LogP contribution >= 0.6 is 23.4 Å². The van der Waals surface area contributed by atoms with Crippen LogP contribution in [-0.4, -0.2) is 11.0 Å². The van der Waals surface area contributed by atoms with Gasteiger partial charge in [0.15, 0.2) is 0 Å². The Morgan fingerprint density at radius 2 is 2.10 bits per heavy atom. The SMILES string of the molecule is Cc1cc(Sc2ncccc2Cl)ccc1CNC(C)C. The van der Waals surface area contributed by atoms with Crippen molar-refractivity contribution < 1.29 is 0 Å². The van der Waals surface area contributed by atoms with Crippen molar-refractivity contribution >= 4 is 23.4 Å². The van der Waals surface area contributed by atoms with E-state index in [4.69, 9.17) is 11.6 Å². The maximum absolute atomic E-state index is 6.14. The zero-order valence-corrected chi connectivity index (χ0v) is 13.6. The number of benzene rings is 1. The summed E-state index contributed by atoms with van der Waals surface area (Å²) in [6.45, 7) is 7.35. The summed E-state index contributed by atoms with van der Waals surface area (Å²) in [5.41, 5.74) is 2.62. The Bertz CT molecular complexity index is 584. The zero-order valence-electron chi connectivity index (χ0n) is 12.0. The van der Waals surface area contributed by atoms with Crippen LogP contribution in [0.3, 0.4) is 0 Å². The van der Waals surface area contributed by atoms with Crippen molar-refractivity contribution in [3.63, 3.8) is 0 Å². The van der Waals surface area contributed by atoms with Crippen molar-refractivity contribution in [2.45, 2.75) is 43.3 Å². The van der Waals surface area contributed by atoms with E-state index in [9.17, 15) is 0 Å². The molecule has 2 rings (SSSR count). The van der Waals surface area contributed by atoms with Gasteiger partial charge in [0.25, 0.3) is 0 Å². The van der Waals surface area contributed by atoms with Gasteiger partial charge in [-0.05, 0) is 42.3 Å². The van der Waals surface area contributed by atoms with Crippen LogP contribution in [0, 0.1) is 6.92 Å². The van der Waals surface area contributed by atoms with E-state index in [0.29, 0.717) is 11.1 Å². The van der Waals surface area contributed by atoms with Crippen molar-refractivity contribution in [1.29, 1.82) is 0 Å². The Hall–Kier alpha value is -1.03. The summed E-state index contributed by atoms with van der Waals surface area (Å²) in [7, 11) is 0. The van der Waals surface area contributed by atoms with E-state index in [1.165, 1.54) is 11.1 Å². The van der Waals surface area contributed by atoms with Crippen LogP contribution in [0.5, 0.6) is 0 Å². The highest BCUT2D eigenvalue weighted by molar-refractivity contribution is 7.99. The molecule has 0 amide bonds. The number of halogens is 1. The third-order valence-electron chi connectivity index (χ3n) is 2.95. The van der Waals surface area contributed by atoms with Gasteiger partial charge >= 0.3 is 0 Å². The van der Waals surface area contributed by atoms with Gasteiger partial charge in [-0.25, -0.2) is 4.98 Å². The van der Waals surface area contributed by atoms with Crippen molar-refractivity contribution in [2.24, 2.45) is 0 Å². The average Bonchev–Trinajstić information content (AvgIpc) is 2.40. The molecule has 0 saturated carbocycles. The van der Waals surface area contributed by atoms with Gasteiger partial charge in [0.2, 0.25) is 0 Å². The highest BCUT2D eigenvalue weighted by atomic mass is 35.5. The molecule has 2 nitrogen and oxygen atoms in total. The molecule has 0 bridgehead atoms. The lowest BCUT2D eigenvalue weighted by Gasteiger charge is -2.12. The minimum absolute atomic E-state index is 0.496. The summed E-state index contributed by atoms with van der Waals surface area (Å²) in [6, 6.07) is 10.7. The fourth-order valence-corrected chi connectivity index (χ4v) is 2.91. The fourth-order valence-electron chi connectivity index (χ4n) is 1.80. The fraction of sp³-hybridized carbons (Fsp3) is 0.312. The average molecular weight is 307 g/mol. The van der Waals surface area contributed by atoms with Crippen molar-refractivity contribution in [3.05, 3.63) is 52.7 Å². The second-order valence-corrected chi connectivity index (χ2v) is 6.49. The maximum Gasteiger partial charge on any atom is 0.119 e. The Labute approximate surface area is 130 Å². The van der Waals surface area contributed by atoms with Gasteiger partial charge < -0.3 is 5.32 Å². The first kappa shape index (κ1) is 15.4. The second-order valence-electron chi connectivity index (χ2n) is 5.02. The molecule has 0 unspecified atom stereocenters. The first-order chi connectivity index (χ1) is 9.56. The predicted molar refractivity (Wildman–Crippen MR) is 86.5 cm³/mol. The summed E-state index contributed by atoms with van der Waals surface area (Å²) < 4.78 is 0. The number of pyridine rings is 1. The Morgan fingerprint density at radius 3 is 2.75 bits per heavy atom. The van der Waals surface area contributed by atoms with E-state index in [2.05, 4.69) is 49.3 Å². The van der Waals surface area contributed by atoms with Gasteiger partial charge in [0.1, 0.15) is 5.03 Å². The molecule has 0 spiro atoms. The van der Waals surface area contributed by atoms with E-state index >= 15 is 0 Å². The molecule has 0 aliphatic heterocycles. The van der Waals surface area contributed by atoms with E-state index in [1.807, 2.05) is 12.1 Å². The molecule has 0 radical (unpaired) electrons. The second kappa shape index (κ2) is 7.11. The summed E-state index contributed by atoms with van der Waals surface area (Å²) in [4.78, 5) is 5.47. The molecule has 2 aromatic rings. The lowest BCUT2D eigenvalue weighted by atomic mass is 10.1. The largest absolute Gasteiger partial charge is 0.310 e. The minimum atomic E-state index is 0.496. The number of aryl methyl sites for hydroxylation is 1. The van der Waals surface area contributed by atoms with Crippen LogP contribution in [0.15, 0.2) is 46.5 Å². The van der Waals surface area contributed by atoms with Crippen LogP contribution < -0.4 is 5.32 Å². The van der Waals surface area contributed by atoms with Gasteiger partial charge in [-0.2, -0.15) is 0 Å². The highest BCUT2D eigenvalue weighted by Crippen LogP contribution is 2.32. The standard InChI is InChI=1S/C16H19ClN2S/c1-11(2)19-10-13-6-7-14(9-12(13)3)20-16-15(17)5-4-8-18-16/h4-9,11,19H,10H2,1-3H3. The third-order valence-corrected chi connectivity index (χ3v) is 4.38. The Balaban J connectivity index is 2.11. The Morgan fingerprint density at radius 1 is 1.30 bits per heavy atom. The first-order valence-electron chi connectivity index (χ1n) is 6.67. The molecule has 1 aromatic carbocycles. The molecular formula is C16H19ClN2S. The van der Waals surface area contributed by atoms with Gasteiger partial charge in [0, 0.05) is 23.7 Å². The van der Waals surface area contributed by atoms with E-state index < -0.39 is 0 Å². The third kappa shape index (κ3) is 4.23. The molecule has 20 heavy (non-hydrogen) atoms. The van der Waals surface area contributed by atoms with Crippen LogP contribution in [0.1, 0.15) is 25.0 Å². The van der Waals surface area contributed by atoms with Crippen LogP contribution in [0.25, 0.3) is 0 Å². The first-order valence-corrected chi connectivity index (χ1v) is 7.87. The molecule has 0 fully saturated rings. The number of hydrogen-bond donors (Lipinski definition) is 1. The number of nitrogens with one attached hydrogen (secondary N) is 1. The number of aromatic nitrogens is 1. The van der Waals surface area contributed by atoms with Crippen LogP contribution in [0.4, 0.5) is 0 Å². The van der Waals surface area contributed by atoms with Crippen molar-refractivity contribution in [2.75, 3.05) is 0 Å². The van der Waals surface area contributed by atoms with E-state index in [0.717, 1.165) is 16.5 Å². The van der Waals surface area contributed by atoms with Gasteiger partial charge in [-0.1, -0.05) is 43.3 Å². The summed E-state index contributed by atoms with van der Waals surface area (Å²) in [5, 5.41) is 4.98.